The molecular formula is C19H29N3O2. The van der Waals surface area contributed by atoms with Crippen LogP contribution in [-0.2, 0) is 11.2 Å². The number of hydrogen-bond donors (Lipinski definition) is 2. The summed E-state index contributed by atoms with van der Waals surface area (Å²) in [5.41, 5.74) is 2.66. The fourth-order valence-corrected chi connectivity index (χ4v) is 2.67. The molecule has 1 aliphatic heterocycles. The first-order valence-corrected chi connectivity index (χ1v) is 8.73. The highest BCUT2D eigenvalue weighted by Crippen LogP contribution is 2.17. The highest BCUT2D eigenvalue weighted by Gasteiger charge is 2.05. The first-order valence-electron chi connectivity index (χ1n) is 8.73. The van der Waals surface area contributed by atoms with E-state index in [1.165, 1.54) is 11.1 Å². The third-order valence-corrected chi connectivity index (χ3v) is 3.98. The molecule has 0 atom stereocenters. The number of para-hydroxylation sites is 1. The maximum absolute atomic E-state index is 5.39. The number of methoxy groups -OCH3 is 1. The van der Waals surface area contributed by atoms with Crippen LogP contribution in [0, 0.1) is 0 Å². The Labute approximate surface area is 145 Å². The van der Waals surface area contributed by atoms with Gasteiger partial charge in [0.1, 0.15) is 5.75 Å². The molecule has 0 unspecified atom stereocenters. The SMILES string of the molecule is CCNC(=NCCc1ccccc1OC)NCCC1=CCOCC1. The summed E-state index contributed by atoms with van der Waals surface area (Å²) in [6.45, 7) is 6.16. The van der Waals surface area contributed by atoms with Crippen molar-refractivity contribution in [2.45, 2.75) is 26.2 Å². The third kappa shape index (κ3) is 6.24. The summed E-state index contributed by atoms with van der Waals surface area (Å²) < 4.78 is 10.7. The number of ether oxygens (including phenoxy) is 2. The number of nitrogens with one attached hydrogen (secondary N) is 2. The van der Waals surface area contributed by atoms with Crippen LogP contribution in [0.5, 0.6) is 5.75 Å². The molecule has 0 bridgehead atoms. The van der Waals surface area contributed by atoms with Crippen molar-refractivity contribution in [2.75, 3.05) is 40.0 Å². The van der Waals surface area contributed by atoms with Gasteiger partial charge in [-0.05, 0) is 37.8 Å². The average Bonchev–Trinajstić information content (AvgIpc) is 2.63. The van der Waals surface area contributed by atoms with E-state index in [2.05, 4.69) is 34.7 Å². The maximum Gasteiger partial charge on any atom is 0.191 e. The van der Waals surface area contributed by atoms with E-state index < -0.39 is 0 Å². The van der Waals surface area contributed by atoms with Crippen molar-refractivity contribution in [2.24, 2.45) is 4.99 Å². The van der Waals surface area contributed by atoms with Gasteiger partial charge in [0.2, 0.25) is 0 Å². The number of hydrogen-bond acceptors (Lipinski definition) is 3. The highest BCUT2D eigenvalue weighted by atomic mass is 16.5. The monoisotopic (exact) mass is 331 g/mol. The Balaban J connectivity index is 1.80. The molecule has 0 aliphatic carbocycles. The molecule has 1 heterocycles. The summed E-state index contributed by atoms with van der Waals surface area (Å²) in [7, 11) is 1.71. The van der Waals surface area contributed by atoms with E-state index in [9.17, 15) is 0 Å². The second-order valence-electron chi connectivity index (χ2n) is 5.69. The molecule has 1 aromatic carbocycles. The lowest BCUT2D eigenvalue weighted by molar-refractivity contribution is 0.153. The number of nitrogens with zero attached hydrogens (tertiary/aromatic N) is 1. The molecule has 5 heteroatoms. The Kier molecular flexibility index (Phi) is 8.18. The molecular weight excluding hydrogens is 302 g/mol. The van der Waals surface area contributed by atoms with Gasteiger partial charge in [-0.15, -0.1) is 0 Å². The minimum Gasteiger partial charge on any atom is -0.496 e. The molecule has 1 aromatic rings. The molecule has 0 fully saturated rings. The van der Waals surface area contributed by atoms with Gasteiger partial charge in [-0.2, -0.15) is 0 Å². The topological polar surface area (TPSA) is 54.9 Å². The summed E-state index contributed by atoms with van der Waals surface area (Å²) in [5, 5.41) is 6.71. The Morgan fingerprint density at radius 3 is 2.88 bits per heavy atom. The fraction of sp³-hybridized carbons (Fsp3) is 0.526. The van der Waals surface area contributed by atoms with E-state index in [4.69, 9.17) is 9.47 Å². The number of guanidine groups is 1. The van der Waals surface area contributed by atoms with E-state index in [0.717, 1.165) is 63.8 Å². The summed E-state index contributed by atoms with van der Waals surface area (Å²) in [6, 6.07) is 8.10. The van der Waals surface area contributed by atoms with E-state index in [1.54, 1.807) is 7.11 Å². The van der Waals surface area contributed by atoms with Crippen LogP contribution in [0.4, 0.5) is 0 Å². The summed E-state index contributed by atoms with van der Waals surface area (Å²) in [4.78, 5) is 4.66. The van der Waals surface area contributed by atoms with Crippen molar-refractivity contribution in [3.63, 3.8) is 0 Å². The van der Waals surface area contributed by atoms with Crippen LogP contribution in [0.2, 0.25) is 0 Å². The summed E-state index contributed by atoms with van der Waals surface area (Å²) >= 11 is 0. The lowest BCUT2D eigenvalue weighted by Gasteiger charge is -2.15. The molecule has 0 spiro atoms. The Morgan fingerprint density at radius 1 is 1.25 bits per heavy atom. The van der Waals surface area contributed by atoms with E-state index >= 15 is 0 Å². The zero-order chi connectivity index (χ0) is 17.0. The van der Waals surface area contributed by atoms with Gasteiger partial charge in [0.05, 0.1) is 20.3 Å². The smallest absolute Gasteiger partial charge is 0.191 e. The van der Waals surface area contributed by atoms with Gasteiger partial charge < -0.3 is 20.1 Å². The van der Waals surface area contributed by atoms with Crippen molar-refractivity contribution in [1.82, 2.24) is 10.6 Å². The van der Waals surface area contributed by atoms with Crippen molar-refractivity contribution >= 4 is 5.96 Å². The van der Waals surface area contributed by atoms with Gasteiger partial charge in [0.15, 0.2) is 5.96 Å². The second kappa shape index (κ2) is 10.7. The molecule has 0 saturated heterocycles. The van der Waals surface area contributed by atoms with Crippen LogP contribution in [0.15, 0.2) is 40.9 Å². The van der Waals surface area contributed by atoms with Crippen molar-refractivity contribution in [1.29, 1.82) is 0 Å². The lowest BCUT2D eigenvalue weighted by atomic mass is 10.1. The number of benzene rings is 1. The molecule has 2 N–H and O–H groups in total. The second-order valence-corrected chi connectivity index (χ2v) is 5.69. The number of rotatable bonds is 8. The molecule has 24 heavy (non-hydrogen) atoms. The van der Waals surface area contributed by atoms with Gasteiger partial charge in [-0.3, -0.25) is 4.99 Å². The first-order chi connectivity index (χ1) is 11.8. The predicted molar refractivity (Wildman–Crippen MR) is 98.8 cm³/mol. The third-order valence-electron chi connectivity index (χ3n) is 3.98. The predicted octanol–water partition coefficient (Wildman–Crippen LogP) is 2.53. The molecule has 0 saturated carbocycles. The van der Waals surface area contributed by atoms with Crippen LogP contribution in [0.25, 0.3) is 0 Å². The number of aliphatic imine (C=N–C) groups is 1. The fourth-order valence-electron chi connectivity index (χ4n) is 2.67. The van der Waals surface area contributed by atoms with Crippen molar-refractivity contribution < 1.29 is 9.47 Å². The quantitative estimate of drug-likeness (QED) is 0.437. The van der Waals surface area contributed by atoms with E-state index in [1.807, 2.05) is 18.2 Å². The molecule has 132 valence electrons. The Bertz CT molecular complexity index is 555. The van der Waals surface area contributed by atoms with Gasteiger partial charge in [-0.1, -0.05) is 29.8 Å². The van der Waals surface area contributed by atoms with Crippen LogP contribution < -0.4 is 15.4 Å². The van der Waals surface area contributed by atoms with Crippen LogP contribution in [0.1, 0.15) is 25.3 Å². The standard InChI is InChI=1S/C19H29N3O2/c1-3-20-19(21-12-8-16-10-14-24-15-11-16)22-13-9-17-6-4-5-7-18(17)23-2/h4-7,10H,3,8-9,11-15H2,1-2H3,(H2,20,21,22). The van der Waals surface area contributed by atoms with Crippen LogP contribution in [-0.4, -0.2) is 45.9 Å². The summed E-state index contributed by atoms with van der Waals surface area (Å²) in [6.07, 6.45) is 5.14. The Hall–Kier alpha value is -2.01. The molecule has 0 radical (unpaired) electrons. The van der Waals surface area contributed by atoms with Crippen LogP contribution >= 0.6 is 0 Å². The highest BCUT2D eigenvalue weighted by molar-refractivity contribution is 5.79. The van der Waals surface area contributed by atoms with Crippen molar-refractivity contribution in [3.8, 4) is 5.75 Å². The van der Waals surface area contributed by atoms with Crippen LogP contribution in [0.3, 0.4) is 0 Å². The molecule has 5 nitrogen and oxygen atoms in total. The minimum atomic E-state index is 0.728. The summed E-state index contributed by atoms with van der Waals surface area (Å²) in [5.74, 6) is 1.80. The molecule has 2 rings (SSSR count). The average molecular weight is 331 g/mol. The zero-order valence-electron chi connectivity index (χ0n) is 14.8. The molecule has 1 aliphatic rings. The Morgan fingerprint density at radius 2 is 2.12 bits per heavy atom. The molecule has 0 aromatic heterocycles. The lowest BCUT2D eigenvalue weighted by Crippen LogP contribution is -2.38. The van der Waals surface area contributed by atoms with Gasteiger partial charge in [0.25, 0.3) is 0 Å². The zero-order valence-corrected chi connectivity index (χ0v) is 14.8. The largest absolute Gasteiger partial charge is 0.496 e. The van der Waals surface area contributed by atoms with E-state index in [-0.39, 0.29) is 0 Å². The first kappa shape index (κ1) is 18.3. The van der Waals surface area contributed by atoms with E-state index in [0.29, 0.717) is 0 Å². The molecule has 0 amide bonds. The van der Waals surface area contributed by atoms with Gasteiger partial charge in [-0.25, -0.2) is 0 Å². The van der Waals surface area contributed by atoms with Gasteiger partial charge in [0, 0.05) is 19.6 Å². The normalized spacial score (nSPS) is 14.9. The van der Waals surface area contributed by atoms with Crippen molar-refractivity contribution in [3.05, 3.63) is 41.5 Å². The van der Waals surface area contributed by atoms with Gasteiger partial charge >= 0.3 is 0 Å². The maximum atomic E-state index is 5.39. The minimum absolute atomic E-state index is 0.728.